The lowest BCUT2D eigenvalue weighted by Crippen LogP contribution is -2.50. The van der Waals surface area contributed by atoms with Crippen LogP contribution in [-0.4, -0.2) is 104 Å². The Morgan fingerprint density at radius 3 is 2.19 bits per heavy atom. The Balaban J connectivity index is 0.00000512. The van der Waals surface area contributed by atoms with Crippen molar-refractivity contribution in [3.63, 3.8) is 0 Å². The lowest BCUT2D eigenvalue weighted by molar-refractivity contribution is 0.0145. The third kappa shape index (κ3) is 11.4. The van der Waals surface area contributed by atoms with Crippen LogP contribution in [0.2, 0.25) is 0 Å². The van der Waals surface area contributed by atoms with Crippen LogP contribution in [0.15, 0.2) is 4.99 Å². The molecule has 0 atom stereocenters. The Bertz CT molecular complexity index is 553. The molecule has 188 valence electrons. The summed E-state index contributed by atoms with van der Waals surface area (Å²) in [7, 11) is 0. The molecule has 2 rings (SSSR count). The molecule has 2 aliphatic heterocycles. The Morgan fingerprint density at radius 2 is 1.62 bits per heavy atom. The number of nitrogens with one attached hydrogen (secondary N) is 2. The van der Waals surface area contributed by atoms with Crippen molar-refractivity contribution in [1.82, 2.24) is 25.3 Å². The van der Waals surface area contributed by atoms with E-state index >= 15 is 0 Å². The second-order valence-corrected chi connectivity index (χ2v) is 9.68. The molecule has 2 heterocycles. The number of rotatable bonds is 8. The number of ether oxygens (including phenoxy) is 1. The summed E-state index contributed by atoms with van der Waals surface area (Å²) >= 11 is 0. The number of carbonyl (C=O) groups is 1. The maximum atomic E-state index is 12.2. The van der Waals surface area contributed by atoms with Crippen molar-refractivity contribution in [2.45, 2.75) is 71.9 Å². The van der Waals surface area contributed by atoms with E-state index in [-0.39, 0.29) is 30.1 Å². The average Bonchev–Trinajstić information content (AvgIpc) is 2.72. The van der Waals surface area contributed by atoms with Crippen molar-refractivity contribution in [2.24, 2.45) is 4.99 Å². The van der Waals surface area contributed by atoms with Crippen LogP contribution >= 0.6 is 24.0 Å². The molecular weight excluding hydrogens is 519 g/mol. The number of piperidine rings is 1. The first-order valence-electron chi connectivity index (χ1n) is 12.3. The van der Waals surface area contributed by atoms with Gasteiger partial charge >= 0.3 is 6.09 Å². The van der Waals surface area contributed by atoms with E-state index in [4.69, 9.17) is 9.73 Å². The van der Waals surface area contributed by atoms with E-state index in [1.807, 2.05) is 25.7 Å². The second-order valence-electron chi connectivity index (χ2n) is 9.68. The van der Waals surface area contributed by atoms with Gasteiger partial charge in [-0.1, -0.05) is 6.92 Å². The molecule has 0 spiro atoms. The van der Waals surface area contributed by atoms with Crippen molar-refractivity contribution in [3.05, 3.63) is 0 Å². The molecule has 2 saturated heterocycles. The van der Waals surface area contributed by atoms with Gasteiger partial charge in [0.2, 0.25) is 0 Å². The van der Waals surface area contributed by atoms with Gasteiger partial charge in [-0.05, 0) is 59.9 Å². The highest BCUT2D eigenvalue weighted by Gasteiger charge is 2.25. The van der Waals surface area contributed by atoms with Crippen LogP contribution in [0.25, 0.3) is 0 Å². The maximum absolute atomic E-state index is 12.2. The minimum Gasteiger partial charge on any atom is -0.444 e. The molecule has 9 heteroatoms. The van der Waals surface area contributed by atoms with Gasteiger partial charge in [-0.25, -0.2) is 4.79 Å². The molecule has 0 aromatic carbocycles. The third-order valence-corrected chi connectivity index (χ3v) is 5.74. The number of carbonyl (C=O) groups excluding carboxylic acids is 1. The predicted molar refractivity (Wildman–Crippen MR) is 143 cm³/mol. The third-order valence-electron chi connectivity index (χ3n) is 5.74. The van der Waals surface area contributed by atoms with Crippen LogP contribution in [0.5, 0.6) is 0 Å². The van der Waals surface area contributed by atoms with Gasteiger partial charge in [0.25, 0.3) is 0 Å². The van der Waals surface area contributed by atoms with Crippen LogP contribution in [0, 0.1) is 0 Å². The highest BCUT2D eigenvalue weighted by Crippen LogP contribution is 2.12. The van der Waals surface area contributed by atoms with Crippen LogP contribution in [0.1, 0.15) is 60.3 Å². The fraction of sp³-hybridized carbons (Fsp3) is 0.913. The summed E-state index contributed by atoms with van der Waals surface area (Å²) in [6.07, 6.45) is 4.44. The zero-order valence-electron chi connectivity index (χ0n) is 21.0. The number of aliphatic imine (C=N–C) groups is 1. The summed E-state index contributed by atoms with van der Waals surface area (Å²) in [4.78, 5) is 23.8. The van der Waals surface area contributed by atoms with E-state index in [1.165, 1.54) is 38.9 Å². The lowest BCUT2D eigenvalue weighted by Gasteiger charge is -2.35. The predicted octanol–water partition coefficient (Wildman–Crippen LogP) is 2.98. The monoisotopic (exact) mass is 566 g/mol. The molecule has 0 radical (unpaired) electrons. The minimum atomic E-state index is -0.434. The molecule has 0 bridgehead atoms. The first kappa shape index (κ1) is 29.2. The molecular formula is C23H47IN6O2. The summed E-state index contributed by atoms with van der Waals surface area (Å²) in [6, 6.07) is 0.520. The van der Waals surface area contributed by atoms with Crippen molar-refractivity contribution < 1.29 is 9.53 Å². The highest BCUT2D eigenvalue weighted by molar-refractivity contribution is 14.0. The number of nitrogens with zero attached hydrogens (tertiary/aromatic N) is 4. The first-order valence-corrected chi connectivity index (χ1v) is 12.3. The summed E-state index contributed by atoms with van der Waals surface area (Å²) in [5.41, 5.74) is -0.434. The van der Waals surface area contributed by atoms with Gasteiger partial charge in [0.05, 0.1) is 0 Å². The Kier molecular flexibility index (Phi) is 13.8. The second kappa shape index (κ2) is 15.2. The highest BCUT2D eigenvalue weighted by atomic mass is 127. The first-order chi connectivity index (χ1) is 14.8. The zero-order chi connectivity index (χ0) is 22.7. The fourth-order valence-corrected chi connectivity index (χ4v) is 4.10. The Labute approximate surface area is 212 Å². The van der Waals surface area contributed by atoms with E-state index in [0.29, 0.717) is 6.04 Å². The van der Waals surface area contributed by atoms with Crippen molar-refractivity contribution in [1.29, 1.82) is 0 Å². The average molecular weight is 567 g/mol. The smallest absolute Gasteiger partial charge is 0.410 e. The van der Waals surface area contributed by atoms with Crippen LogP contribution in [-0.2, 0) is 4.74 Å². The number of halogens is 1. The SMILES string of the molecule is CCCN1CCC(NC(=NCCCN2CCN(C(=O)OC(C)(C)C)CC2)NCC)CC1.I. The summed E-state index contributed by atoms with van der Waals surface area (Å²) in [5, 5.41) is 7.03. The van der Waals surface area contributed by atoms with E-state index in [2.05, 4.69) is 34.3 Å². The molecule has 0 unspecified atom stereocenters. The van der Waals surface area contributed by atoms with Gasteiger partial charge in [-0.3, -0.25) is 9.89 Å². The van der Waals surface area contributed by atoms with Gasteiger partial charge in [0, 0.05) is 64.9 Å². The van der Waals surface area contributed by atoms with E-state index in [1.54, 1.807) is 0 Å². The standard InChI is InChI=1S/C23H46N6O2.HI/c1-6-12-27-14-9-20(10-15-27)26-21(24-7-2)25-11-8-13-28-16-18-29(19-17-28)22(30)31-23(3,4)5;/h20H,6-19H2,1-5H3,(H2,24,25,26);1H. The topological polar surface area (TPSA) is 72.4 Å². The molecule has 2 aliphatic rings. The molecule has 0 saturated carbocycles. The molecule has 2 fully saturated rings. The van der Waals surface area contributed by atoms with Gasteiger partial charge in [-0.2, -0.15) is 0 Å². The van der Waals surface area contributed by atoms with Crippen LogP contribution < -0.4 is 10.6 Å². The number of guanidine groups is 1. The molecule has 0 aliphatic carbocycles. The van der Waals surface area contributed by atoms with Crippen LogP contribution in [0.4, 0.5) is 4.79 Å². The Morgan fingerprint density at radius 1 is 1.00 bits per heavy atom. The Hall–Kier alpha value is -0.810. The number of likely N-dealkylation sites (tertiary alicyclic amines) is 1. The molecule has 0 aromatic rings. The van der Waals surface area contributed by atoms with Crippen LogP contribution in [0.3, 0.4) is 0 Å². The number of piperazine rings is 1. The molecule has 2 N–H and O–H groups in total. The number of amides is 1. The lowest BCUT2D eigenvalue weighted by atomic mass is 10.1. The largest absolute Gasteiger partial charge is 0.444 e. The number of hydrogen-bond donors (Lipinski definition) is 2. The van der Waals surface area contributed by atoms with Gasteiger partial charge < -0.3 is 25.2 Å². The fourth-order valence-electron chi connectivity index (χ4n) is 4.10. The van der Waals surface area contributed by atoms with Gasteiger partial charge in [-0.15, -0.1) is 24.0 Å². The summed E-state index contributed by atoms with van der Waals surface area (Å²) in [6.45, 7) is 19.7. The van der Waals surface area contributed by atoms with E-state index in [9.17, 15) is 4.79 Å². The molecule has 0 aromatic heterocycles. The van der Waals surface area contributed by atoms with Crippen molar-refractivity contribution >= 4 is 36.0 Å². The molecule has 32 heavy (non-hydrogen) atoms. The van der Waals surface area contributed by atoms with Crippen molar-refractivity contribution in [2.75, 3.05) is 65.4 Å². The van der Waals surface area contributed by atoms with E-state index in [0.717, 1.165) is 58.2 Å². The normalized spacial score (nSPS) is 19.4. The van der Waals surface area contributed by atoms with E-state index < -0.39 is 5.60 Å². The zero-order valence-corrected chi connectivity index (χ0v) is 23.3. The summed E-state index contributed by atoms with van der Waals surface area (Å²) < 4.78 is 5.47. The summed E-state index contributed by atoms with van der Waals surface area (Å²) in [5.74, 6) is 0.950. The number of hydrogen-bond acceptors (Lipinski definition) is 5. The molecule has 8 nitrogen and oxygen atoms in total. The van der Waals surface area contributed by atoms with Gasteiger partial charge in [0.15, 0.2) is 5.96 Å². The maximum Gasteiger partial charge on any atom is 0.410 e. The minimum absolute atomic E-state index is 0. The molecule has 1 amide bonds. The van der Waals surface area contributed by atoms with Gasteiger partial charge in [0.1, 0.15) is 5.60 Å². The van der Waals surface area contributed by atoms with Crippen molar-refractivity contribution in [3.8, 4) is 0 Å². The quantitative estimate of drug-likeness (QED) is 0.204.